The molecule has 0 spiro atoms. The number of aryl methyl sites for hydroxylation is 2. The summed E-state index contributed by atoms with van der Waals surface area (Å²) in [5, 5.41) is 3.50. The average molecular weight is 551 g/mol. The molecule has 0 fully saturated rings. The van der Waals surface area contributed by atoms with E-state index in [1.54, 1.807) is 13.8 Å². The summed E-state index contributed by atoms with van der Waals surface area (Å²) in [6.45, 7) is 3.37. The van der Waals surface area contributed by atoms with Gasteiger partial charge in [0.1, 0.15) is 27.4 Å². The average Bonchev–Trinajstić information content (AvgIpc) is 3.45. The Kier molecular flexibility index (Phi) is 7.13. The van der Waals surface area contributed by atoms with Crippen LogP contribution in [0.2, 0.25) is 0 Å². The molecule has 11 heteroatoms. The number of hydrogen-bond acceptors (Lipinski definition) is 8. The molecule has 196 valence electrons. The topological polar surface area (TPSA) is 133 Å². The molecule has 3 N–H and O–H groups in total. The van der Waals surface area contributed by atoms with E-state index in [0.717, 1.165) is 53.0 Å². The molecule has 0 radical (unpaired) electrons. The van der Waals surface area contributed by atoms with Gasteiger partial charge < -0.3 is 15.8 Å². The highest BCUT2D eigenvalue weighted by Gasteiger charge is 2.28. The lowest BCUT2D eigenvalue weighted by Gasteiger charge is -2.15. The van der Waals surface area contributed by atoms with Gasteiger partial charge in [-0.25, -0.2) is 9.78 Å². The van der Waals surface area contributed by atoms with Crippen LogP contribution in [-0.4, -0.2) is 27.3 Å². The zero-order chi connectivity index (χ0) is 27.0. The monoisotopic (exact) mass is 550 g/mol. The molecule has 2 amide bonds. The van der Waals surface area contributed by atoms with E-state index in [2.05, 4.69) is 10.3 Å². The van der Waals surface area contributed by atoms with E-state index in [-0.39, 0.29) is 12.0 Å². The Morgan fingerprint density at radius 1 is 1.16 bits per heavy atom. The minimum atomic E-state index is -0.924. The van der Waals surface area contributed by atoms with E-state index in [0.29, 0.717) is 25.8 Å². The summed E-state index contributed by atoms with van der Waals surface area (Å²) in [5.41, 5.74) is 7.80. The first kappa shape index (κ1) is 25.8. The van der Waals surface area contributed by atoms with E-state index < -0.39 is 29.4 Å². The third kappa shape index (κ3) is 4.74. The minimum absolute atomic E-state index is 0.113. The van der Waals surface area contributed by atoms with Crippen molar-refractivity contribution < 1.29 is 19.1 Å². The van der Waals surface area contributed by atoms with Crippen molar-refractivity contribution in [2.75, 3.05) is 5.32 Å². The molecule has 1 aliphatic carbocycles. The lowest BCUT2D eigenvalue weighted by molar-refractivity contribution is -0.118. The highest BCUT2D eigenvalue weighted by molar-refractivity contribution is 7.20. The molecule has 38 heavy (non-hydrogen) atoms. The molecule has 0 saturated carbocycles. The van der Waals surface area contributed by atoms with Gasteiger partial charge in [-0.2, -0.15) is 0 Å². The van der Waals surface area contributed by atoms with Gasteiger partial charge in [0.25, 0.3) is 11.5 Å². The summed E-state index contributed by atoms with van der Waals surface area (Å²) in [7, 11) is 0. The molecule has 5 rings (SSSR count). The van der Waals surface area contributed by atoms with Crippen LogP contribution in [0.15, 0.2) is 41.5 Å². The molecule has 9 nitrogen and oxygen atoms in total. The van der Waals surface area contributed by atoms with E-state index >= 15 is 0 Å². The van der Waals surface area contributed by atoms with Crippen molar-refractivity contribution in [2.24, 2.45) is 5.73 Å². The van der Waals surface area contributed by atoms with Crippen LogP contribution in [0.5, 0.6) is 0 Å². The summed E-state index contributed by atoms with van der Waals surface area (Å²) >= 11 is 2.45. The number of hydrogen-bond donors (Lipinski definition) is 2. The molecule has 0 bridgehead atoms. The number of benzene rings is 1. The van der Waals surface area contributed by atoms with E-state index in [9.17, 15) is 19.2 Å². The molecular weight excluding hydrogens is 524 g/mol. The van der Waals surface area contributed by atoms with Crippen molar-refractivity contribution >= 4 is 55.7 Å². The Bertz CT molecular complexity index is 1620. The van der Waals surface area contributed by atoms with Crippen LogP contribution in [0, 0.1) is 6.92 Å². The summed E-state index contributed by atoms with van der Waals surface area (Å²) in [6.07, 6.45) is 4.90. The third-order valence-electron chi connectivity index (χ3n) is 6.73. The van der Waals surface area contributed by atoms with Crippen LogP contribution in [0.1, 0.15) is 67.4 Å². The number of carbonyl (C=O) groups excluding carboxylic acids is 3. The second-order valence-electron chi connectivity index (χ2n) is 9.20. The molecule has 1 aromatic carbocycles. The summed E-state index contributed by atoms with van der Waals surface area (Å²) < 4.78 is 6.68. The van der Waals surface area contributed by atoms with Crippen molar-refractivity contribution in [2.45, 2.75) is 52.2 Å². The van der Waals surface area contributed by atoms with Crippen molar-refractivity contribution in [1.82, 2.24) is 9.55 Å². The number of fused-ring (bicyclic) bond motifs is 2. The SMILES string of the molecule is Cc1c(C(=O)OCc2ccccc2)sc2ncn(C(C)C(=O)Nc3sc4c(c3C(N)=O)CCCC4)c(=O)c12. The fraction of sp³-hybridized carbons (Fsp3) is 0.296. The number of nitrogens with zero attached hydrogens (tertiary/aromatic N) is 2. The number of thiophene rings is 2. The largest absolute Gasteiger partial charge is 0.457 e. The predicted molar refractivity (Wildman–Crippen MR) is 147 cm³/mol. The second kappa shape index (κ2) is 10.5. The molecule has 1 unspecified atom stereocenters. The first-order valence-electron chi connectivity index (χ1n) is 12.2. The molecule has 3 aromatic heterocycles. The Labute approximate surface area is 226 Å². The Balaban J connectivity index is 1.39. The fourth-order valence-electron chi connectivity index (χ4n) is 4.65. The smallest absolute Gasteiger partial charge is 0.349 e. The quantitative estimate of drug-likeness (QED) is 0.329. The van der Waals surface area contributed by atoms with Gasteiger partial charge >= 0.3 is 5.97 Å². The highest BCUT2D eigenvalue weighted by Crippen LogP contribution is 2.38. The Morgan fingerprint density at radius 3 is 2.63 bits per heavy atom. The van der Waals surface area contributed by atoms with Crippen LogP contribution in [0.3, 0.4) is 0 Å². The number of amides is 2. The fourth-order valence-corrected chi connectivity index (χ4v) is 6.98. The normalized spacial score (nSPS) is 13.6. The Hall–Kier alpha value is -3.83. The van der Waals surface area contributed by atoms with Gasteiger partial charge in [0.05, 0.1) is 17.3 Å². The van der Waals surface area contributed by atoms with Gasteiger partial charge in [0, 0.05) is 4.88 Å². The van der Waals surface area contributed by atoms with Gasteiger partial charge in [0.15, 0.2) is 0 Å². The van der Waals surface area contributed by atoms with Gasteiger partial charge in [-0.15, -0.1) is 22.7 Å². The maximum absolute atomic E-state index is 13.4. The maximum atomic E-state index is 13.4. The number of esters is 1. The molecule has 1 aliphatic rings. The third-order valence-corrected chi connectivity index (χ3v) is 9.11. The van der Waals surface area contributed by atoms with Crippen LogP contribution in [0.4, 0.5) is 5.00 Å². The second-order valence-corrected chi connectivity index (χ2v) is 11.3. The predicted octanol–water partition coefficient (Wildman–Crippen LogP) is 4.36. The molecule has 0 saturated heterocycles. The molecule has 1 atom stereocenters. The lowest BCUT2D eigenvalue weighted by atomic mass is 9.95. The van der Waals surface area contributed by atoms with Crippen molar-refractivity contribution in [3.8, 4) is 0 Å². The Morgan fingerprint density at radius 2 is 1.89 bits per heavy atom. The maximum Gasteiger partial charge on any atom is 0.349 e. The number of nitrogens with one attached hydrogen (secondary N) is 1. The van der Waals surface area contributed by atoms with Crippen molar-refractivity contribution in [3.63, 3.8) is 0 Å². The van der Waals surface area contributed by atoms with Crippen LogP contribution in [-0.2, 0) is 29.0 Å². The summed E-state index contributed by atoms with van der Waals surface area (Å²) in [6, 6.07) is 8.39. The summed E-state index contributed by atoms with van der Waals surface area (Å²) in [5.74, 6) is -1.58. The number of rotatable bonds is 7. The molecule has 4 aromatic rings. The number of anilines is 1. The van der Waals surface area contributed by atoms with Gasteiger partial charge in [0.2, 0.25) is 5.91 Å². The van der Waals surface area contributed by atoms with Gasteiger partial charge in [-0.1, -0.05) is 30.3 Å². The van der Waals surface area contributed by atoms with E-state index in [1.807, 2.05) is 30.3 Å². The zero-order valence-corrected chi connectivity index (χ0v) is 22.5. The van der Waals surface area contributed by atoms with Gasteiger partial charge in [-0.3, -0.25) is 19.0 Å². The van der Waals surface area contributed by atoms with Gasteiger partial charge in [-0.05, 0) is 56.2 Å². The number of nitrogens with two attached hydrogens (primary N) is 1. The number of primary amides is 1. The first-order chi connectivity index (χ1) is 18.3. The van der Waals surface area contributed by atoms with E-state index in [4.69, 9.17) is 10.5 Å². The van der Waals surface area contributed by atoms with Crippen LogP contribution in [0.25, 0.3) is 10.2 Å². The number of carbonyl (C=O) groups is 3. The first-order valence-corrected chi connectivity index (χ1v) is 13.9. The number of aromatic nitrogens is 2. The minimum Gasteiger partial charge on any atom is -0.457 e. The zero-order valence-electron chi connectivity index (χ0n) is 20.9. The van der Waals surface area contributed by atoms with E-state index in [1.165, 1.54) is 22.2 Å². The number of ether oxygens (including phenoxy) is 1. The van der Waals surface area contributed by atoms with Crippen LogP contribution >= 0.6 is 22.7 Å². The highest BCUT2D eigenvalue weighted by atomic mass is 32.1. The van der Waals surface area contributed by atoms with Crippen LogP contribution < -0.4 is 16.6 Å². The van der Waals surface area contributed by atoms with Crippen molar-refractivity contribution in [1.29, 1.82) is 0 Å². The molecular formula is C27H26N4O5S2. The van der Waals surface area contributed by atoms with Crippen molar-refractivity contribution in [3.05, 3.63) is 79.0 Å². The molecule has 0 aliphatic heterocycles. The lowest BCUT2D eigenvalue weighted by Crippen LogP contribution is -2.32. The summed E-state index contributed by atoms with van der Waals surface area (Å²) in [4.78, 5) is 57.7. The standard InChI is InChI=1S/C27H26N4O5S2/c1-14-19-24(38-21(14)27(35)36-12-16-8-4-3-5-9-16)29-13-31(26(19)34)15(2)23(33)30-25-20(22(28)32)17-10-6-7-11-18(17)37-25/h3-5,8-9,13,15H,6-7,10-12H2,1-2H3,(H2,28,32)(H,30,33). The molecule has 3 heterocycles.